The fourth-order valence-corrected chi connectivity index (χ4v) is 9.97. The van der Waals surface area contributed by atoms with Crippen molar-refractivity contribution >= 4 is 44.6 Å². The molecule has 0 spiro atoms. The van der Waals surface area contributed by atoms with Gasteiger partial charge >= 0.3 is 12.1 Å². The zero-order valence-corrected chi connectivity index (χ0v) is 36.2. The first-order valence-corrected chi connectivity index (χ1v) is 22.5. The average molecular weight is 863 g/mol. The van der Waals surface area contributed by atoms with Crippen molar-refractivity contribution in [3.05, 3.63) is 36.0 Å². The number of alkyl halides is 3. The second-order valence-electron chi connectivity index (χ2n) is 18.0. The molecule has 2 aliphatic heterocycles. The van der Waals surface area contributed by atoms with Crippen LogP contribution in [0.2, 0.25) is 0 Å². The van der Waals surface area contributed by atoms with E-state index >= 15 is 4.79 Å². The Morgan fingerprint density at radius 3 is 2.42 bits per heavy atom. The minimum absolute atomic E-state index is 0.0188. The Morgan fingerprint density at radius 2 is 1.78 bits per heavy atom. The number of nitrogens with one attached hydrogen (secondary N) is 1. The van der Waals surface area contributed by atoms with Gasteiger partial charge in [-0.05, 0) is 82.3 Å². The molecule has 13 nitrogen and oxygen atoms in total. The molecule has 0 bridgehead atoms. The highest BCUT2D eigenvalue weighted by atomic mass is 32.2. The molecule has 17 heteroatoms. The summed E-state index contributed by atoms with van der Waals surface area (Å²) in [6.45, 7) is 9.03. The van der Waals surface area contributed by atoms with E-state index < -0.39 is 92.4 Å². The number of aromatic nitrogens is 2. The highest BCUT2D eigenvalue weighted by Gasteiger charge is 2.62. The number of allylic oxidation sites excluding steroid dienone is 2. The molecule has 2 amide bonds. The third-order valence-corrected chi connectivity index (χ3v) is 14.4. The SMILES string of the molecule is CC[C@@H]1C[C@H](C)CC/C=C\[C@@H]2C[C@@]2(C(=O)NS(=O)(=O)C2CC2)CC(=O)[C@@H]2C[C@@H](Oc3nc4cc(OC)ccc4nc3C(C)C)CN2C(=O)[C@H]1CC(=O)OC(C)(C)C(F)(F)F. The lowest BCUT2D eigenvalue weighted by Crippen LogP contribution is -2.48. The van der Waals surface area contributed by atoms with Gasteiger partial charge in [0.05, 0.1) is 53.7 Å². The smallest absolute Gasteiger partial charge is 0.427 e. The van der Waals surface area contributed by atoms with E-state index in [0.29, 0.717) is 61.0 Å². The van der Waals surface area contributed by atoms with E-state index in [-0.39, 0.29) is 43.5 Å². The number of Topliss-reactive ketones (excluding diaryl/α,β-unsaturated/α-hetero) is 1. The van der Waals surface area contributed by atoms with E-state index in [1.807, 2.05) is 39.8 Å². The zero-order chi connectivity index (χ0) is 43.9. The van der Waals surface area contributed by atoms with Gasteiger partial charge in [-0.3, -0.25) is 23.9 Å². The first-order chi connectivity index (χ1) is 28.1. The third-order valence-electron chi connectivity index (χ3n) is 12.6. The Kier molecular flexibility index (Phi) is 13.0. The number of benzene rings is 1. The maximum absolute atomic E-state index is 15.1. The third kappa shape index (κ3) is 9.75. The predicted octanol–water partition coefficient (Wildman–Crippen LogP) is 6.98. The number of sulfonamides is 1. The normalized spacial score (nSPS) is 28.6. The molecule has 60 heavy (non-hydrogen) atoms. The minimum atomic E-state index is -4.87. The molecule has 0 radical (unpaired) electrons. The lowest BCUT2D eigenvalue weighted by Gasteiger charge is -2.34. The van der Waals surface area contributed by atoms with E-state index in [0.717, 1.165) is 13.8 Å². The number of methoxy groups -OCH3 is 1. The van der Waals surface area contributed by atoms with Crippen LogP contribution >= 0.6 is 0 Å². The number of carbonyl (C=O) groups is 4. The summed E-state index contributed by atoms with van der Waals surface area (Å²) in [5.41, 5.74) is -2.58. The Hall–Kier alpha value is -4.28. The summed E-state index contributed by atoms with van der Waals surface area (Å²) in [6, 6.07) is 4.05. The molecule has 1 aromatic heterocycles. The largest absolute Gasteiger partial charge is 0.497 e. The van der Waals surface area contributed by atoms with Crippen molar-refractivity contribution in [1.82, 2.24) is 19.6 Å². The molecule has 3 fully saturated rings. The van der Waals surface area contributed by atoms with Crippen molar-refractivity contribution in [1.29, 1.82) is 0 Å². The van der Waals surface area contributed by atoms with Gasteiger partial charge in [-0.15, -0.1) is 0 Å². The number of ether oxygens (including phenoxy) is 3. The molecule has 1 N–H and O–H groups in total. The number of ketones is 1. The topological polar surface area (TPSA) is 171 Å². The quantitative estimate of drug-likeness (QED) is 0.183. The number of esters is 1. The fraction of sp³-hybridized carbons (Fsp3) is 0.674. The number of halogens is 3. The molecule has 3 heterocycles. The standard InChI is InChI=1S/C43H57F3N4O9S/c1-8-26-17-25(4)11-9-10-12-27-21-42(27,40(54)49-60(55,56)30-14-15-30)22-35(51)34-19-29(23-50(34)39(53)31(26)20-36(52)59-41(5,6)43(44,45)46)58-38-37(24(2)3)47-32-16-13-28(57-7)18-33(32)48-38/h10,12-13,16,18,24-27,29-31,34H,8-9,11,14-15,17,19-23H2,1-7H3,(H,49,54)/b12-10-/t25-,26-,27-,29-,31+,34+,42-/m1/s1. The van der Waals surface area contributed by atoms with Crippen LogP contribution in [0.1, 0.15) is 117 Å². The zero-order valence-electron chi connectivity index (χ0n) is 35.3. The van der Waals surface area contributed by atoms with Gasteiger partial charge in [-0.25, -0.2) is 18.4 Å². The van der Waals surface area contributed by atoms with E-state index in [1.165, 1.54) is 12.0 Å². The van der Waals surface area contributed by atoms with Gasteiger partial charge in [0.2, 0.25) is 33.3 Å². The monoisotopic (exact) mass is 862 g/mol. The number of fused-ring (bicyclic) bond motifs is 3. The van der Waals surface area contributed by atoms with Gasteiger partial charge in [0.25, 0.3) is 0 Å². The molecule has 2 saturated carbocycles. The summed E-state index contributed by atoms with van der Waals surface area (Å²) < 4.78 is 86.7. The molecule has 330 valence electrons. The molecule has 7 atom stereocenters. The summed E-state index contributed by atoms with van der Waals surface area (Å²) in [5.74, 6) is -4.53. The van der Waals surface area contributed by atoms with Crippen molar-refractivity contribution in [3.8, 4) is 11.6 Å². The van der Waals surface area contributed by atoms with Crippen molar-refractivity contribution < 1.29 is 55.0 Å². The second-order valence-corrected chi connectivity index (χ2v) is 20.0. The fourth-order valence-electron chi connectivity index (χ4n) is 8.59. The van der Waals surface area contributed by atoms with Crippen molar-refractivity contribution in [2.24, 2.45) is 29.1 Å². The van der Waals surface area contributed by atoms with Crippen LogP contribution in [0.4, 0.5) is 13.2 Å². The summed E-state index contributed by atoms with van der Waals surface area (Å²) in [7, 11) is -2.42. The van der Waals surface area contributed by atoms with Crippen LogP contribution < -0.4 is 14.2 Å². The van der Waals surface area contributed by atoms with Gasteiger partial charge in [0.15, 0.2) is 5.78 Å². The molecular weight excluding hydrogens is 806 g/mol. The van der Waals surface area contributed by atoms with Gasteiger partial charge in [-0.2, -0.15) is 13.2 Å². The molecule has 2 aliphatic carbocycles. The van der Waals surface area contributed by atoms with Gasteiger partial charge < -0.3 is 19.1 Å². The lowest BCUT2D eigenvalue weighted by molar-refractivity contribution is -0.257. The first-order valence-electron chi connectivity index (χ1n) is 21.0. The molecule has 1 saturated heterocycles. The number of nitrogens with zero attached hydrogens (tertiary/aromatic N) is 3. The van der Waals surface area contributed by atoms with E-state index in [1.54, 1.807) is 18.2 Å². The van der Waals surface area contributed by atoms with Crippen LogP contribution in [0.3, 0.4) is 0 Å². The van der Waals surface area contributed by atoms with Crippen molar-refractivity contribution in [2.75, 3.05) is 13.7 Å². The minimum Gasteiger partial charge on any atom is -0.497 e. The highest BCUT2D eigenvalue weighted by molar-refractivity contribution is 7.90. The Bertz CT molecular complexity index is 2120. The van der Waals surface area contributed by atoms with E-state index in [4.69, 9.17) is 24.2 Å². The lowest BCUT2D eigenvalue weighted by atomic mass is 9.79. The number of hydrogen-bond acceptors (Lipinski definition) is 11. The number of hydrogen-bond donors (Lipinski definition) is 1. The molecule has 0 unspecified atom stereocenters. The predicted molar refractivity (Wildman–Crippen MR) is 215 cm³/mol. The van der Waals surface area contributed by atoms with Crippen LogP contribution in [-0.2, 0) is 33.9 Å². The number of carbonyl (C=O) groups excluding carboxylic acids is 4. The maximum atomic E-state index is 15.1. The highest BCUT2D eigenvalue weighted by Crippen LogP contribution is 2.57. The first kappa shape index (κ1) is 45.3. The summed E-state index contributed by atoms with van der Waals surface area (Å²) in [6.07, 6.45) is 0.257. The van der Waals surface area contributed by atoms with E-state index in [2.05, 4.69) is 4.72 Å². The van der Waals surface area contributed by atoms with Crippen LogP contribution in [-0.4, -0.2) is 89.7 Å². The van der Waals surface area contributed by atoms with Gasteiger partial charge in [0.1, 0.15) is 17.5 Å². The van der Waals surface area contributed by atoms with Gasteiger partial charge in [-0.1, -0.05) is 46.3 Å². The Labute approximate surface area is 349 Å². The summed E-state index contributed by atoms with van der Waals surface area (Å²) in [5, 5.41) is -0.669. The van der Waals surface area contributed by atoms with Crippen LogP contribution in [0, 0.1) is 29.1 Å². The summed E-state index contributed by atoms with van der Waals surface area (Å²) in [4.78, 5) is 68.0. The van der Waals surface area contributed by atoms with Crippen LogP contribution in [0.15, 0.2) is 30.4 Å². The van der Waals surface area contributed by atoms with Crippen molar-refractivity contribution in [3.63, 3.8) is 0 Å². The Balaban J connectivity index is 1.39. The molecule has 1 aromatic carbocycles. The molecule has 4 aliphatic rings. The van der Waals surface area contributed by atoms with Gasteiger partial charge in [0, 0.05) is 24.8 Å². The van der Waals surface area contributed by atoms with Crippen molar-refractivity contribution in [2.45, 2.75) is 141 Å². The molecule has 2 aromatic rings. The number of amides is 2. The average Bonchev–Trinajstić information content (AvgIpc) is 4.10. The number of rotatable bonds is 11. The van der Waals surface area contributed by atoms with Crippen LogP contribution in [0.25, 0.3) is 11.0 Å². The van der Waals surface area contributed by atoms with E-state index in [9.17, 15) is 36.0 Å². The Morgan fingerprint density at radius 1 is 1.07 bits per heavy atom. The second kappa shape index (κ2) is 17.2. The molecular formula is C43H57F3N4O9S. The molecule has 6 rings (SSSR count). The maximum Gasteiger partial charge on any atom is 0.427 e. The summed E-state index contributed by atoms with van der Waals surface area (Å²) >= 11 is 0. The van der Waals surface area contributed by atoms with Crippen LogP contribution in [0.5, 0.6) is 11.6 Å².